The van der Waals surface area contributed by atoms with Gasteiger partial charge in [-0.3, -0.25) is 4.79 Å². The molecule has 0 unspecified atom stereocenters. The third kappa shape index (κ3) is 2.29. The molecule has 0 saturated heterocycles. The summed E-state index contributed by atoms with van der Waals surface area (Å²) >= 11 is 0. The maximum Gasteiger partial charge on any atom is 0.139 e. The van der Waals surface area contributed by atoms with Crippen LogP contribution in [0.3, 0.4) is 0 Å². The molecule has 5 aliphatic carbocycles. The number of aliphatic hydroxyl groups is 1. The van der Waals surface area contributed by atoms with Crippen LogP contribution in [-0.2, 0) is 4.79 Å². The summed E-state index contributed by atoms with van der Waals surface area (Å²) in [6, 6.07) is 0. The lowest BCUT2D eigenvalue weighted by molar-refractivity contribution is -0.158. The van der Waals surface area contributed by atoms with Crippen LogP contribution in [0.1, 0.15) is 91.4 Å². The van der Waals surface area contributed by atoms with Crippen LogP contribution in [0.4, 0.5) is 0 Å². The Bertz CT molecular complexity index is 609. The molecule has 0 radical (unpaired) electrons. The van der Waals surface area contributed by atoms with E-state index in [-0.39, 0.29) is 5.41 Å². The van der Waals surface area contributed by atoms with Gasteiger partial charge >= 0.3 is 0 Å². The minimum Gasteiger partial charge on any atom is -0.390 e. The molecule has 0 spiro atoms. The molecule has 146 valence electrons. The van der Waals surface area contributed by atoms with Crippen molar-refractivity contribution in [2.24, 2.45) is 46.3 Å². The van der Waals surface area contributed by atoms with Gasteiger partial charge in [0.2, 0.25) is 0 Å². The van der Waals surface area contributed by atoms with E-state index in [0.717, 1.165) is 49.9 Å². The molecule has 0 aliphatic heterocycles. The maximum atomic E-state index is 13.0. The molecule has 5 aliphatic rings. The van der Waals surface area contributed by atoms with Crippen LogP contribution in [-0.4, -0.2) is 16.5 Å². The van der Waals surface area contributed by atoms with Crippen molar-refractivity contribution in [3.05, 3.63) is 0 Å². The van der Waals surface area contributed by atoms with Gasteiger partial charge in [-0.2, -0.15) is 0 Å². The number of Topliss-reactive ketones (excluding diaryl/α,β-unsaturated/α-hetero) is 1. The Morgan fingerprint density at radius 1 is 1.00 bits per heavy atom. The van der Waals surface area contributed by atoms with E-state index < -0.39 is 5.60 Å². The molecule has 0 aromatic heterocycles. The van der Waals surface area contributed by atoms with Gasteiger partial charge in [-0.05, 0) is 105 Å². The predicted octanol–water partition coefficient (Wildman–Crippen LogP) is 5.38. The molecule has 0 aromatic carbocycles. The summed E-state index contributed by atoms with van der Waals surface area (Å²) in [6.45, 7) is 7.06. The van der Waals surface area contributed by atoms with Gasteiger partial charge in [-0.25, -0.2) is 0 Å². The van der Waals surface area contributed by atoms with Crippen molar-refractivity contribution >= 4 is 5.78 Å². The van der Waals surface area contributed by atoms with Gasteiger partial charge in [0.1, 0.15) is 5.78 Å². The van der Waals surface area contributed by atoms with Crippen molar-refractivity contribution in [3.8, 4) is 0 Å². The molecule has 0 amide bonds. The summed E-state index contributed by atoms with van der Waals surface area (Å²) in [6.07, 6.45) is 12.8. The largest absolute Gasteiger partial charge is 0.390 e. The predicted molar refractivity (Wildman–Crippen MR) is 104 cm³/mol. The highest BCUT2D eigenvalue weighted by molar-refractivity contribution is 5.87. The van der Waals surface area contributed by atoms with Crippen LogP contribution in [0.25, 0.3) is 0 Å². The third-order valence-electron chi connectivity index (χ3n) is 10.5. The topological polar surface area (TPSA) is 37.3 Å². The number of hydrogen-bond donors (Lipinski definition) is 1. The average molecular weight is 359 g/mol. The third-order valence-corrected chi connectivity index (χ3v) is 10.5. The summed E-state index contributed by atoms with van der Waals surface area (Å²) < 4.78 is 0. The second-order valence-electron chi connectivity index (χ2n) is 11.4. The van der Waals surface area contributed by atoms with E-state index in [0.29, 0.717) is 29.0 Å². The van der Waals surface area contributed by atoms with Crippen molar-refractivity contribution in [3.63, 3.8) is 0 Å². The number of ketones is 1. The van der Waals surface area contributed by atoms with E-state index in [4.69, 9.17) is 0 Å². The first-order chi connectivity index (χ1) is 12.3. The molecule has 2 heteroatoms. The fourth-order valence-corrected chi connectivity index (χ4v) is 8.57. The average Bonchev–Trinajstić information content (AvgIpc) is 3.42. The van der Waals surface area contributed by atoms with E-state index >= 15 is 0 Å². The van der Waals surface area contributed by atoms with Crippen molar-refractivity contribution in [1.29, 1.82) is 0 Å². The molecular weight excluding hydrogens is 320 g/mol. The van der Waals surface area contributed by atoms with E-state index in [2.05, 4.69) is 20.8 Å². The van der Waals surface area contributed by atoms with Crippen LogP contribution in [0.2, 0.25) is 0 Å². The minimum atomic E-state index is -0.403. The first-order valence-electron chi connectivity index (χ1n) is 11.6. The first kappa shape index (κ1) is 17.7. The van der Waals surface area contributed by atoms with Crippen LogP contribution < -0.4 is 0 Å². The lowest BCUT2D eigenvalue weighted by atomic mass is 9.43. The molecule has 2 nitrogen and oxygen atoms in total. The Labute approximate surface area is 159 Å². The highest BCUT2D eigenvalue weighted by Crippen LogP contribution is 2.69. The van der Waals surface area contributed by atoms with Gasteiger partial charge in [-0.1, -0.05) is 20.8 Å². The molecular formula is C24H38O2. The number of hydrogen-bond acceptors (Lipinski definition) is 2. The summed E-state index contributed by atoms with van der Waals surface area (Å²) in [5, 5.41) is 10.9. The van der Waals surface area contributed by atoms with Gasteiger partial charge in [0, 0.05) is 11.8 Å². The van der Waals surface area contributed by atoms with Crippen LogP contribution in [0.15, 0.2) is 0 Å². The number of carbonyl (C=O) groups is 1. The Hall–Kier alpha value is -0.370. The highest BCUT2D eigenvalue weighted by Gasteiger charge is 2.64. The highest BCUT2D eigenvalue weighted by atomic mass is 16.3. The van der Waals surface area contributed by atoms with Gasteiger partial charge in [0.05, 0.1) is 5.60 Å². The van der Waals surface area contributed by atoms with E-state index in [1.165, 1.54) is 38.5 Å². The van der Waals surface area contributed by atoms with Crippen LogP contribution >= 0.6 is 0 Å². The van der Waals surface area contributed by atoms with Gasteiger partial charge in [-0.15, -0.1) is 0 Å². The molecule has 1 N–H and O–H groups in total. The molecule has 8 atom stereocenters. The molecule has 0 heterocycles. The fourth-order valence-electron chi connectivity index (χ4n) is 8.57. The summed E-state index contributed by atoms with van der Waals surface area (Å²) in [4.78, 5) is 13.0. The molecule has 26 heavy (non-hydrogen) atoms. The Morgan fingerprint density at radius 3 is 2.46 bits per heavy atom. The summed E-state index contributed by atoms with van der Waals surface area (Å²) in [7, 11) is 0. The first-order valence-corrected chi connectivity index (χ1v) is 11.6. The van der Waals surface area contributed by atoms with E-state index in [1.807, 2.05) is 0 Å². The molecule has 5 saturated carbocycles. The monoisotopic (exact) mass is 358 g/mol. The zero-order chi connectivity index (χ0) is 18.3. The van der Waals surface area contributed by atoms with Gasteiger partial charge in [0.15, 0.2) is 0 Å². The van der Waals surface area contributed by atoms with Crippen molar-refractivity contribution in [2.75, 3.05) is 0 Å². The second kappa shape index (κ2) is 5.58. The number of fused-ring (bicyclic) bond motifs is 5. The van der Waals surface area contributed by atoms with Crippen LogP contribution in [0, 0.1) is 46.3 Å². The zero-order valence-electron chi connectivity index (χ0n) is 17.1. The van der Waals surface area contributed by atoms with Gasteiger partial charge in [0.25, 0.3) is 0 Å². The summed E-state index contributed by atoms with van der Waals surface area (Å²) in [5.74, 6) is 5.12. The molecule has 5 fully saturated rings. The van der Waals surface area contributed by atoms with Gasteiger partial charge < -0.3 is 5.11 Å². The Balaban J connectivity index is 1.46. The smallest absolute Gasteiger partial charge is 0.139 e. The molecule has 0 aromatic rings. The lowest BCUT2D eigenvalue weighted by Gasteiger charge is -2.62. The van der Waals surface area contributed by atoms with Crippen molar-refractivity contribution in [2.45, 2.75) is 97.0 Å². The normalized spacial score (nSPS) is 56.6. The lowest BCUT2D eigenvalue weighted by Crippen LogP contribution is -2.56. The van der Waals surface area contributed by atoms with Crippen molar-refractivity contribution in [1.82, 2.24) is 0 Å². The summed E-state index contributed by atoms with van der Waals surface area (Å²) in [5.41, 5.74) is 0.00188. The second-order valence-corrected chi connectivity index (χ2v) is 11.4. The fraction of sp³-hybridized carbons (Fsp3) is 0.958. The zero-order valence-corrected chi connectivity index (χ0v) is 17.1. The van der Waals surface area contributed by atoms with E-state index in [1.54, 1.807) is 0 Å². The molecule has 0 bridgehead atoms. The van der Waals surface area contributed by atoms with E-state index in [9.17, 15) is 9.90 Å². The Morgan fingerprint density at radius 2 is 1.77 bits per heavy atom. The Kier molecular flexibility index (Phi) is 3.80. The standard InChI is InChI=1S/C24H38O2/c1-4-24(26)12-11-22(2)16(14-24)7-8-17-19(22)9-10-23(3)20(25)13-18(21(17)23)15-5-6-15/h15-19,21,26H,4-14H2,1-3H3/t16-,17+,18-,19-,21+,22-,23+,24-/m0/s1. The van der Waals surface area contributed by atoms with Crippen LogP contribution in [0.5, 0.6) is 0 Å². The molecule has 5 rings (SSSR count). The number of rotatable bonds is 2. The SMILES string of the molecule is CC[C@]1(O)CC[C@@]2(C)[C@@H](CC[C@H]3[C@@H]4[C@H](C5CC5)CC(=O)[C@@]4(C)CC[C@@H]32)C1. The number of carbonyl (C=O) groups excluding carboxylic acids is 1. The maximum absolute atomic E-state index is 13.0. The minimum absolute atomic E-state index is 0.00353. The van der Waals surface area contributed by atoms with Crippen molar-refractivity contribution < 1.29 is 9.90 Å². The quantitative estimate of drug-likeness (QED) is 0.720.